The summed E-state index contributed by atoms with van der Waals surface area (Å²) in [6, 6.07) is 1.77. The lowest BCUT2D eigenvalue weighted by Gasteiger charge is -2.09. The first-order chi connectivity index (χ1) is 8.20. The summed E-state index contributed by atoms with van der Waals surface area (Å²) in [4.78, 5) is 16.8. The maximum atomic E-state index is 5.40. The van der Waals surface area contributed by atoms with E-state index >= 15 is 0 Å². The number of hydrazine groups is 1. The third-order valence-electron chi connectivity index (χ3n) is 2.08. The van der Waals surface area contributed by atoms with Gasteiger partial charge in [0.2, 0.25) is 0 Å². The van der Waals surface area contributed by atoms with Crippen molar-refractivity contribution >= 4 is 17.6 Å². The Morgan fingerprint density at radius 2 is 1.88 bits per heavy atom. The van der Waals surface area contributed by atoms with Crippen LogP contribution in [0.25, 0.3) is 0 Å². The van der Waals surface area contributed by atoms with E-state index in [2.05, 4.69) is 25.4 Å². The maximum Gasteiger partial charge on any atom is 0.193 e. The molecular weight excluding hydrogens is 236 g/mol. The maximum absolute atomic E-state index is 5.40. The Balaban J connectivity index is 2.36. The lowest BCUT2D eigenvalue weighted by atomic mass is 10.3. The van der Waals surface area contributed by atoms with Crippen LogP contribution >= 0.6 is 11.8 Å². The second-order valence-corrected chi connectivity index (χ2v) is 4.28. The predicted octanol–water partition coefficient (Wildman–Crippen LogP) is 1.32. The van der Waals surface area contributed by atoms with Gasteiger partial charge in [-0.1, -0.05) is 0 Å². The number of hydrogen-bond donors (Lipinski definition) is 2. The minimum Gasteiger partial charge on any atom is -0.308 e. The number of nitrogens with one attached hydrogen (secondary N) is 1. The van der Waals surface area contributed by atoms with Gasteiger partial charge in [-0.3, -0.25) is 0 Å². The molecule has 3 N–H and O–H groups in total. The monoisotopic (exact) mass is 248 g/mol. The molecular formula is C10H12N6S. The highest BCUT2D eigenvalue weighted by molar-refractivity contribution is 7.99. The van der Waals surface area contributed by atoms with E-state index in [0.29, 0.717) is 16.8 Å². The molecule has 7 heteroatoms. The van der Waals surface area contributed by atoms with Crippen LogP contribution in [0, 0.1) is 13.8 Å². The molecule has 2 aromatic rings. The van der Waals surface area contributed by atoms with Crippen LogP contribution in [0.3, 0.4) is 0 Å². The molecule has 0 unspecified atom stereocenters. The van der Waals surface area contributed by atoms with Crippen LogP contribution in [0.15, 0.2) is 28.6 Å². The van der Waals surface area contributed by atoms with Gasteiger partial charge in [0.25, 0.3) is 0 Å². The van der Waals surface area contributed by atoms with Crippen molar-refractivity contribution in [3.8, 4) is 0 Å². The Kier molecular flexibility index (Phi) is 3.50. The van der Waals surface area contributed by atoms with E-state index in [1.54, 1.807) is 18.5 Å². The Hall–Kier alpha value is -1.73. The molecule has 2 heterocycles. The Bertz CT molecular complexity index is 516. The second kappa shape index (κ2) is 5.07. The van der Waals surface area contributed by atoms with Gasteiger partial charge in [-0.05, 0) is 31.7 Å². The lowest BCUT2D eigenvalue weighted by Crippen LogP contribution is -2.12. The van der Waals surface area contributed by atoms with Crippen molar-refractivity contribution in [1.82, 2.24) is 19.9 Å². The van der Waals surface area contributed by atoms with Gasteiger partial charge in [-0.25, -0.2) is 25.8 Å². The van der Waals surface area contributed by atoms with E-state index in [4.69, 9.17) is 5.84 Å². The number of nitrogens with two attached hydrogens (primary N) is 1. The summed E-state index contributed by atoms with van der Waals surface area (Å²) >= 11 is 1.39. The highest BCUT2D eigenvalue weighted by Crippen LogP contribution is 2.28. The standard InChI is InChI=1S/C10H12N6S/c1-6-8(16-11)14-7(2)15-9(6)17-10-12-4-3-5-13-10/h3-5H,11H2,1-2H3,(H,14,15,16). The van der Waals surface area contributed by atoms with Crippen molar-refractivity contribution in [3.63, 3.8) is 0 Å². The molecule has 0 bridgehead atoms. The molecule has 2 rings (SSSR count). The Labute approximate surface area is 103 Å². The van der Waals surface area contributed by atoms with Crippen LogP contribution in [0.4, 0.5) is 5.82 Å². The van der Waals surface area contributed by atoms with Crippen LogP contribution < -0.4 is 11.3 Å². The molecule has 0 saturated carbocycles. The highest BCUT2D eigenvalue weighted by Gasteiger charge is 2.10. The van der Waals surface area contributed by atoms with Crippen LogP contribution in [-0.4, -0.2) is 19.9 Å². The number of hydrogen-bond acceptors (Lipinski definition) is 7. The summed E-state index contributed by atoms with van der Waals surface area (Å²) in [7, 11) is 0. The van der Waals surface area contributed by atoms with Crippen LogP contribution in [0.2, 0.25) is 0 Å². The average Bonchev–Trinajstić information content (AvgIpc) is 2.34. The summed E-state index contributed by atoms with van der Waals surface area (Å²) in [5.74, 6) is 6.68. The van der Waals surface area contributed by atoms with E-state index in [0.717, 1.165) is 10.6 Å². The second-order valence-electron chi connectivity index (χ2n) is 3.33. The van der Waals surface area contributed by atoms with Gasteiger partial charge in [-0.2, -0.15) is 0 Å². The van der Waals surface area contributed by atoms with Crippen molar-refractivity contribution in [3.05, 3.63) is 29.8 Å². The fraction of sp³-hybridized carbons (Fsp3) is 0.200. The zero-order valence-electron chi connectivity index (χ0n) is 9.51. The number of aryl methyl sites for hydroxylation is 1. The molecule has 0 aromatic carbocycles. The first kappa shape index (κ1) is 11.7. The van der Waals surface area contributed by atoms with E-state index < -0.39 is 0 Å². The molecule has 0 aliphatic rings. The summed E-state index contributed by atoms with van der Waals surface area (Å²) in [5, 5.41) is 1.45. The molecule has 2 aromatic heterocycles. The van der Waals surface area contributed by atoms with Gasteiger partial charge < -0.3 is 5.43 Å². The Morgan fingerprint density at radius 1 is 1.18 bits per heavy atom. The van der Waals surface area contributed by atoms with Gasteiger partial charge in [0.05, 0.1) is 0 Å². The number of rotatable bonds is 3. The van der Waals surface area contributed by atoms with Crippen molar-refractivity contribution in [1.29, 1.82) is 0 Å². The third-order valence-corrected chi connectivity index (χ3v) is 3.06. The van der Waals surface area contributed by atoms with Gasteiger partial charge in [0, 0.05) is 18.0 Å². The van der Waals surface area contributed by atoms with E-state index in [9.17, 15) is 0 Å². The molecule has 6 nitrogen and oxygen atoms in total. The molecule has 0 spiro atoms. The zero-order chi connectivity index (χ0) is 12.3. The topological polar surface area (TPSA) is 89.6 Å². The van der Waals surface area contributed by atoms with Gasteiger partial charge in [-0.15, -0.1) is 0 Å². The van der Waals surface area contributed by atoms with Gasteiger partial charge >= 0.3 is 0 Å². The largest absolute Gasteiger partial charge is 0.308 e. The van der Waals surface area contributed by atoms with E-state index in [1.807, 2.05) is 13.8 Å². The zero-order valence-corrected chi connectivity index (χ0v) is 10.3. The summed E-state index contributed by atoms with van der Waals surface area (Å²) < 4.78 is 0. The molecule has 17 heavy (non-hydrogen) atoms. The van der Waals surface area contributed by atoms with E-state index in [1.165, 1.54) is 11.8 Å². The quantitative estimate of drug-likeness (QED) is 0.366. The van der Waals surface area contributed by atoms with Crippen molar-refractivity contribution in [2.45, 2.75) is 24.0 Å². The summed E-state index contributed by atoms with van der Waals surface area (Å²) in [6.07, 6.45) is 3.39. The fourth-order valence-corrected chi connectivity index (χ4v) is 2.09. The highest BCUT2D eigenvalue weighted by atomic mass is 32.2. The van der Waals surface area contributed by atoms with Crippen LogP contribution in [0.1, 0.15) is 11.4 Å². The number of nitrogen functional groups attached to an aromatic ring is 1. The molecule has 0 fully saturated rings. The average molecular weight is 248 g/mol. The summed E-state index contributed by atoms with van der Waals surface area (Å²) in [6.45, 7) is 3.72. The van der Waals surface area contributed by atoms with Gasteiger partial charge in [0.1, 0.15) is 16.7 Å². The van der Waals surface area contributed by atoms with Gasteiger partial charge in [0.15, 0.2) is 5.16 Å². The molecule has 0 saturated heterocycles. The van der Waals surface area contributed by atoms with Crippen LogP contribution in [-0.2, 0) is 0 Å². The van der Waals surface area contributed by atoms with Crippen molar-refractivity contribution in [2.75, 3.05) is 5.43 Å². The molecule has 0 aliphatic carbocycles. The van der Waals surface area contributed by atoms with E-state index in [-0.39, 0.29) is 0 Å². The molecule has 88 valence electrons. The molecule has 0 atom stereocenters. The first-order valence-corrected chi connectivity index (χ1v) is 5.79. The fourth-order valence-electron chi connectivity index (χ4n) is 1.27. The SMILES string of the molecule is Cc1nc(NN)c(C)c(Sc2ncccn2)n1. The number of anilines is 1. The number of aromatic nitrogens is 4. The lowest BCUT2D eigenvalue weighted by molar-refractivity contribution is 0.917. The normalized spacial score (nSPS) is 10.3. The van der Waals surface area contributed by atoms with Crippen molar-refractivity contribution < 1.29 is 0 Å². The third kappa shape index (κ3) is 2.69. The van der Waals surface area contributed by atoms with Crippen LogP contribution in [0.5, 0.6) is 0 Å². The minimum absolute atomic E-state index is 0.621. The van der Waals surface area contributed by atoms with Crippen molar-refractivity contribution in [2.24, 2.45) is 5.84 Å². The minimum atomic E-state index is 0.621. The molecule has 0 amide bonds. The first-order valence-electron chi connectivity index (χ1n) is 4.97. The number of nitrogens with zero attached hydrogens (tertiary/aromatic N) is 4. The Morgan fingerprint density at radius 3 is 2.53 bits per heavy atom. The molecule has 0 aliphatic heterocycles. The summed E-state index contributed by atoms with van der Waals surface area (Å²) in [5.41, 5.74) is 3.44. The smallest absolute Gasteiger partial charge is 0.193 e. The molecule has 0 radical (unpaired) electrons. The predicted molar refractivity (Wildman–Crippen MR) is 65.5 cm³/mol.